The Morgan fingerprint density at radius 3 is 2.95 bits per heavy atom. The summed E-state index contributed by atoms with van der Waals surface area (Å²) >= 11 is 0. The van der Waals surface area contributed by atoms with Gasteiger partial charge in [-0.3, -0.25) is 9.63 Å². The molecule has 124 valence electrons. The summed E-state index contributed by atoms with van der Waals surface area (Å²) in [5.74, 6) is 0.966. The van der Waals surface area contributed by atoms with Crippen LogP contribution in [0.25, 0.3) is 0 Å². The zero-order valence-corrected chi connectivity index (χ0v) is 14.6. The van der Waals surface area contributed by atoms with Crippen molar-refractivity contribution in [1.82, 2.24) is 8.87 Å². The van der Waals surface area contributed by atoms with Crippen molar-refractivity contribution in [3.05, 3.63) is 28.4 Å². The van der Waals surface area contributed by atoms with Crippen LogP contribution >= 0.6 is 21.8 Å². The fraction of sp³-hybridized carbons (Fsp3) is 0.615. The molecule has 0 saturated carbocycles. The standard InChI is InChI=1S/C13H21N3O4S2/c1-4-5-6-7-10-21-22-16(3)13(18)20-14-11-12(17)15(2)8-9-19-11/h8-9H,4-7,10H2,1-3H3. The van der Waals surface area contributed by atoms with Crippen molar-refractivity contribution in [3.63, 3.8) is 0 Å². The molecular formula is C13H21N3O4S2. The fourth-order valence-corrected chi connectivity index (χ4v) is 3.27. The predicted octanol–water partition coefficient (Wildman–Crippen LogP) is 2.74. The van der Waals surface area contributed by atoms with Gasteiger partial charge >= 0.3 is 17.2 Å². The van der Waals surface area contributed by atoms with E-state index in [4.69, 9.17) is 9.25 Å². The Kier molecular flexibility index (Phi) is 8.83. The van der Waals surface area contributed by atoms with E-state index in [1.807, 2.05) is 0 Å². The minimum Gasteiger partial charge on any atom is -0.439 e. The zero-order valence-electron chi connectivity index (χ0n) is 13.0. The second kappa shape index (κ2) is 10.4. The third-order valence-electron chi connectivity index (χ3n) is 2.68. The first-order valence-corrected chi connectivity index (χ1v) is 9.26. The second-order valence-electron chi connectivity index (χ2n) is 4.53. The summed E-state index contributed by atoms with van der Waals surface area (Å²) in [6, 6.07) is 0. The van der Waals surface area contributed by atoms with E-state index < -0.39 is 11.7 Å². The fourth-order valence-electron chi connectivity index (χ4n) is 1.39. The number of hydrogen-bond donors (Lipinski definition) is 0. The lowest BCUT2D eigenvalue weighted by Crippen LogP contribution is -2.33. The Bertz CT molecular complexity index is 585. The van der Waals surface area contributed by atoms with Crippen LogP contribution in [0.15, 0.2) is 26.8 Å². The Hall–Kier alpha value is -1.35. The van der Waals surface area contributed by atoms with E-state index in [0.717, 1.165) is 12.2 Å². The number of amides is 1. The first kappa shape index (κ1) is 18.7. The highest BCUT2D eigenvalue weighted by atomic mass is 33.1. The van der Waals surface area contributed by atoms with Gasteiger partial charge < -0.3 is 8.98 Å². The molecule has 0 unspecified atom stereocenters. The molecule has 0 radical (unpaired) electrons. The maximum Gasteiger partial charge on any atom is 0.446 e. The van der Waals surface area contributed by atoms with Gasteiger partial charge in [0.25, 0.3) is 0 Å². The molecule has 0 atom stereocenters. The summed E-state index contributed by atoms with van der Waals surface area (Å²) in [6.07, 6.45) is 6.84. The SMILES string of the molecule is CCCCCCSSN(C)C(=O)ON=c1occn(C)c1=O. The zero-order chi connectivity index (χ0) is 16.4. The normalized spacial score (nSPS) is 11.5. The van der Waals surface area contributed by atoms with Crippen molar-refractivity contribution in [3.8, 4) is 0 Å². The molecule has 1 aromatic heterocycles. The summed E-state index contributed by atoms with van der Waals surface area (Å²) in [5.41, 5.74) is -0.750. The Morgan fingerprint density at radius 1 is 1.45 bits per heavy atom. The smallest absolute Gasteiger partial charge is 0.439 e. The lowest BCUT2D eigenvalue weighted by molar-refractivity contribution is 0.126. The van der Waals surface area contributed by atoms with Crippen LogP contribution in [0.1, 0.15) is 32.6 Å². The second-order valence-corrected chi connectivity index (χ2v) is 7.02. The number of unbranched alkanes of at least 4 members (excludes halogenated alkanes) is 3. The van der Waals surface area contributed by atoms with Gasteiger partial charge in [-0.2, -0.15) is 0 Å². The lowest BCUT2D eigenvalue weighted by atomic mass is 10.2. The highest BCUT2D eigenvalue weighted by molar-refractivity contribution is 8.75. The molecule has 0 saturated heterocycles. The molecule has 0 bridgehead atoms. The number of nitrogens with zero attached hydrogens (tertiary/aromatic N) is 3. The molecule has 0 spiro atoms. The summed E-state index contributed by atoms with van der Waals surface area (Å²) in [5, 5.41) is 3.44. The van der Waals surface area contributed by atoms with E-state index in [1.54, 1.807) is 24.9 Å². The van der Waals surface area contributed by atoms with E-state index in [2.05, 4.69) is 12.1 Å². The third-order valence-corrected chi connectivity index (χ3v) is 5.10. The molecule has 1 heterocycles. The molecule has 0 aliphatic rings. The number of hydrogen-bond acceptors (Lipinski definition) is 7. The minimum absolute atomic E-state index is 0.274. The van der Waals surface area contributed by atoms with Gasteiger partial charge in [0.05, 0.1) is 0 Å². The van der Waals surface area contributed by atoms with Gasteiger partial charge in [-0.25, -0.2) is 9.10 Å². The van der Waals surface area contributed by atoms with Crippen molar-refractivity contribution >= 4 is 27.9 Å². The monoisotopic (exact) mass is 347 g/mol. The maximum absolute atomic E-state index is 11.7. The van der Waals surface area contributed by atoms with Gasteiger partial charge in [-0.15, -0.1) is 0 Å². The first-order valence-electron chi connectivity index (χ1n) is 6.99. The summed E-state index contributed by atoms with van der Waals surface area (Å²) < 4.78 is 7.50. The minimum atomic E-state index is -0.660. The average Bonchev–Trinajstić information content (AvgIpc) is 2.51. The molecule has 7 nitrogen and oxygen atoms in total. The molecule has 1 rings (SSSR count). The number of aryl methyl sites for hydroxylation is 1. The van der Waals surface area contributed by atoms with Crippen LogP contribution in [-0.2, 0) is 11.9 Å². The van der Waals surface area contributed by atoms with Crippen LogP contribution in [-0.4, -0.2) is 27.8 Å². The van der Waals surface area contributed by atoms with Crippen LogP contribution in [0.4, 0.5) is 4.79 Å². The number of carbonyl (C=O) groups excluding carboxylic acids is 1. The molecule has 0 aliphatic carbocycles. The molecule has 0 fully saturated rings. The topological polar surface area (TPSA) is 77.0 Å². The van der Waals surface area contributed by atoms with Crippen LogP contribution in [0.3, 0.4) is 0 Å². The summed E-state index contributed by atoms with van der Waals surface area (Å²) in [6.45, 7) is 2.17. The van der Waals surface area contributed by atoms with Crippen LogP contribution in [0, 0.1) is 0 Å². The van der Waals surface area contributed by atoms with Crippen LogP contribution in [0.2, 0.25) is 0 Å². The highest BCUT2D eigenvalue weighted by Crippen LogP contribution is 2.26. The number of aromatic nitrogens is 1. The van der Waals surface area contributed by atoms with Gasteiger partial charge in [0.15, 0.2) is 0 Å². The van der Waals surface area contributed by atoms with Gasteiger partial charge in [-0.1, -0.05) is 37.0 Å². The number of carbonyl (C=O) groups is 1. The lowest BCUT2D eigenvalue weighted by Gasteiger charge is -2.11. The molecule has 0 aliphatic heterocycles. The Morgan fingerprint density at radius 2 is 2.23 bits per heavy atom. The van der Waals surface area contributed by atoms with Gasteiger partial charge in [0.2, 0.25) is 0 Å². The molecular weight excluding hydrogens is 326 g/mol. The van der Waals surface area contributed by atoms with Crippen molar-refractivity contribution in [2.24, 2.45) is 12.2 Å². The largest absolute Gasteiger partial charge is 0.446 e. The summed E-state index contributed by atoms with van der Waals surface area (Å²) in [4.78, 5) is 28.0. The molecule has 0 aromatic carbocycles. The van der Waals surface area contributed by atoms with Gasteiger partial charge in [0, 0.05) is 37.0 Å². The third kappa shape index (κ3) is 6.61. The average molecular weight is 347 g/mol. The molecule has 9 heteroatoms. The Labute approximate surface area is 137 Å². The maximum atomic E-state index is 11.7. The Balaban J connectivity index is 2.38. The first-order chi connectivity index (χ1) is 10.6. The van der Waals surface area contributed by atoms with Crippen molar-refractivity contribution in [2.75, 3.05) is 12.8 Å². The van der Waals surface area contributed by atoms with E-state index in [9.17, 15) is 9.59 Å². The van der Waals surface area contributed by atoms with Crippen molar-refractivity contribution in [1.29, 1.82) is 0 Å². The van der Waals surface area contributed by atoms with Crippen LogP contribution in [0.5, 0.6) is 0 Å². The molecule has 1 amide bonds. The van der Waals surface area contributed by atoms with E-state index in [0.29, 0.717) is 0 Å². The highest BCUT2D eigenvalue weighted by Gasteiger charge is 2.11. The van der Waals surface area contributed by atoms with E-state index in [1.165, 1.54) is 51.6 Å². The predicted molar refractivity (Wildman–Crippen MR) is 87.9 cm³/mol. The molecule has 22 heavy (non-hydrogen) atoms. The van der Waals surface area contributed by atoms with Crippen LogP contribution < -0.4 is 11.1 Å². The van der Waals surface area contributed by atoms with Crippen molar-refractivity contribution in [2.45, 2.75) is 32.6 Å². The molecule has 0 N–H and O–H groups in total. The quantitative estimate of drug-likeness (QED) is 0.237. The number of rotatable bonds is 8. The van der Waals surface area contributed by atoms with Gasteiger partial charge in [0.1, 0.15) is 6.26 Å². The summed E-state index contributed by atoms with van der Waals surface area (Å²) in [7, 11) is 6.00. The van der Waals surface area contributed by atoms with Gasteiger partial charge in [-0.05, 0) is 11.6 Å². The van der Waals surface area contributed by atoms with E-state index in [-0.39, 0.29) is 5.55 Å². The van der Waals surface area contributed by atoms with E-state index >= 15 is 0 Å². The molecule has 1 aromatic rings. The van der Waals surface area contributed by atoms with Crippen molar-refractivity contribution < 1.29 is 14.0 Å².